The van der Waals surface area contributed by atoms with Crippen LogP contribution in [0.1, 0.15) is 6.92 Å². The zero-order valence-corrected chi connectivity index (χ0v) is 14.0. The van der Waals surface area contributed by atoms with Gasteiger partial charge in [0.1, 0.15) is 5.69 Å². The molecule has 0 saturated carbocycles. The molecule has 0 aliphatic heterocycles. The van der Waals surface area contributed by atoms with E-state index in [0.717, 1.165) is 0 Å². The third-order valence-electron chi connectivity index (χ3n) is 2.98. The number of ether oxygens (including phenoxy) is 3. The Morgan fingerprint density at radius 3 is 2.32 bits per heavy atom. The molecule has 1 N–H and O–H groups in total. The van der Waals surface area contributed by atoms with Gasteiger partial charge in [-0.05, 0) is 12.1 Å². The van der Waals surface area contributed by atoms with Gasteiger partial charge in [-0.3, -0.25) is 4.79 Å². The summed E-state index contributed by atoms with van der Waals surface area (Å²) in [6.45, 7) is 1.35. The molecule has 1 amide bonds. The van der Waals surface area contributed by atoms with E-state index in [1.165, 1.54) is 33.3 Å². The molecular formula is C17H17N3O5. The van der Waals surface area contributed by atoms with Gasteiger partial charge < -0.3 is 19.5 Å². The van der Waals surface area contributed by atoms with Gasteiger partial charge in [-0.2, -0.15) is 5.11 Å². The topological polar surface area (TPSA) is 98.6 Å². The van der Waals surface area contributed by atoms with Gasteiger partial charge in [-0.25, -0.2) is 4.79 Å². The Labute approximate surface area is 144 Å². The molecule has 130 valence electrons. The predicted molar refractivity (Wildman–Crippen MR) is 90.9 cm³/mol. The molecule has 2 aromatic carbocycles. The molecule has 2 aromatic rings. The lowest BCUT2D eigenvalue weighted by Gasteiger charge is -2.12. The van der Waals surface area contributed by atoms with Gasteiger partial charge in [0.2, 0.25) is 5.91 Å². The summed E-state index contributed by atoms with van der Waals surface area (Å²) in [5.41, 5.74) is 1.30. The minimum Gasteiger partial charge on any atom is -0.493 e. The molecule has 0 radical (unpaired) electrons. The normalized spacial score (nSPS) is 10.4. The van der Waals surface area contributed by atoms with Crippen LogP contribution in [0.2, 0.25) is 0 Å². The third kappa shape index (κ3) is 5.03. The zero-order chi connectivity index (χ0) is 18.2. The van der Waals surface area contributed by atoms with Crippen LogP contribution in [0.5, 0.6) is 11.5 Å². The van der Waals surface area contributed by atoms with Gasteiger partial charge in [-0.15, -0.1) is 5.11 Å². The molecule has 8 nitrogen and oxygen atoms in total. The fourth-order valence-electron chi connectivity index (χ4n) is 1.90. The van der Waals surface area contributed by atoms with Crippen LogP contribution in [0.15, 0.2) is 52.7 Å². The number of azo groups is 1. The van der Waals surface area contributed by atoms with Gasteiger partial charge in [0.25, 0.3) is 0 Å². The molecule has 25 heavy (non-hydrogen) atoms. The van der Waals surface area contributed by atoms with Crippen LogP contribution in [-0.2, 0) is 9.53 Å². The molecule has 8 heteroatoms. The van der Waals surface area contributed by atoms with E-state index in [2.05, 4.69) is 20.3 Å². The van der Waals surface area contributed by atoms with Crippen molar-refractivity contribution in [3.8, 4) is 11.5 Å². The quantitative estimate of drug-likeness (QED) is 0.498. The molecule has 0 aromatic heterocycles. The zero-order valence-electron chi connectivity index (χ0n) is 14.0. The number of nitrogens with zero attached hydrogens (tertiary/aromatic N) is 2. The smallest absolute Gasteiger partial charge is 0.493 e. The average Bonchev–Trinajstić information content (AvgIpc) is 2.61. The van der Waals surface area contributed by atoms with Crippen LogP contribution in [-0.4, -0.2) is 26.3 Å². The Balaban J connectivity index is 2.44. The van der Waals surface area contributed by atoms with Crippen LogP contribution in [0.4, 0.5) is 21.9 Å². The summed E-state index contributed by atoms with van der Waals surface area (Å²) in [4.78, 5) is 22.8. The number of amides is 1. The molecule has 0 heterocycles. The lowest BCUT2D eigenvalue weighted by atomic mass is 10.2. The third-order valence-corrected chi connectivity index (χ3v) is 2.98. The fourth-order valence-corrected chi connectivity index (χ4v) is 1.90. The number of carbonyl (C=O) groups excluding carboxylic acids is 2. The Bertz CT molecular complexity index is 790. The number of anilines is 1. The van der Waals surface area contributed by atoms with E-state index < -0.39 is 6.16 Å². The second-order valence-electron chi connectivity index (χ2n) is 4.79. The summed E-state index contributed by atoms with van der Waals surface area (Å²) >= 11 is 0. The van der Waals surface area contributed by atoms with Crippen molar-refractivity contribution in [1.82, 2.24) is 0 Å². The maximum Gasteiger partial charge on any atom is 0.513 e. The first kappa shape index (κ1) is 17.9. The molecule has 0 fully saturated rings. The van der Waals surface area contributed by atoms with Crippen LogP contribution < -0.4 is 14.8 Å². The van der Waals surface area contributed by atoms with Gasteiger partial charge in [0.05, 0.1) is 25.6 Å². The molecule has 0 spiro atoms. The first-order chi connectivity index (χ1) is 12.0. The molecule has 0 aliphatic carbocycles. The van der Waals surface area contributed by atoms with E-state index in [1.54, 1.807) is 12.1 Å². The highest BCUT2D eigenvalue weighted by molar-refractivity contribution is 5.93. The Hall–Kier alpha value is -3.42. The highest BCUT2D eigenvalue weighted by Gasteiger charge is 2.16. The Morgan fingerprint density at radius 1 is 1.00 bits per heavy atom. The Morgan fingerprint density at radius 2 is 1.72 bits per heavy atom. The number of hydrogen-bond acceptors (Lipinski definition) is 7. The summed E-state index contributed by atoms with van der Waals surface area (Å²) < 4.78 is 14.7. The summed E-state index contributed by atoms with van der Waals surface area (Å²) in [5, 5.41) is 10.9. The predicted octanol–water partition coefficient (Wildman–Crippen LogP) is 4.21. The van der Waals surface area contributed by atoms with Crippen molar-refractivity contribution in [2.24, 2.45) is 10.2 Å². The van der Waals surface area contributed by atoms with Crippen molar-refractivity contribution >= 4 is 29.1 Å². The van der Waals surface area contributed by atoms with E-state index in [0.29, 0.717) is 17.1 Å². The number of carbonyl (C=O) groups is 2. The number of benzene rings is 2. The van der Waals surface area contributed by atoms with Crippen molar-refractivity contribution in [3.63, 3.8) is 0 Å². The Kier molecular flexibility index (Phi) is 6.05. The largest absolute Gasteiger partial charge is 0.513 e. The maximum absolute atomic E-state index is 11.4. The first-order valence-electron chi connectivity index (χ1n) is 7.25. The lowest BCUT2D eigenvalue weighted by Crippen LogP contribution is -2.10. The van der Waals surface area contributed by atoms with Crippen molar-refractivity contribution in [2.75, 3.05) is 19.5 Å². The first-order valence-corrected chi connectivity index (χ1v) is 7.25. The van der Waals surface area contributed by atoms with Crippen molar-refractivity contribution in [3.05, 3.63) is 42.5 Å². The summed E-state index contributed by atoms with van der Waals surface area (Å²) in [6.07, 6.45) is -0.911. The van der Waals surface area contributed by atoms with Crippen LogP contribution in [0.3, 0.4) is 0 Å². The van der Waals surface area contributed by atoms with Gasteiger partial charge in [0.15, 0.2) is 11.5 Å². The summed E-state index contributed by atoms with van der Waals surface area (Å²) in [7, 11) is 2.60. The number of methoxy groups -OCH3 is 2. The minimum atomic E-state index is -0.911. The lowest BCUT2D eigenvalue weighted by molar-refractivity contribution is -0.114. The minimum absolute atomic E-state index is 0.0803. The van der Waals surface area contributed by atoms with Crippen LogP contribution in [0.25, 0.3) is 0 Å². The van der Waals surface area contributed by atoms with Crippen molar-refractivity contribution < 1.29 is 23.8 Å². The second kappa shape index (κ2) is 8.44. The van der Waals surface area contributed by atoms with E-state index in [-0.39, 0.29) is 17.4 Å². The molecular weight excluding hydrogens is 326 g/mol. The fraction of sp³-hybridized carbons (Fsp3) is 0.176. The number of rotatable bonds is 5. The maximum atomic E-state index is 11.4. The molecule has 0 atom stereocenters. The SMILES string of the molecule is COC(=O)Oc1cc(NC(C)=O)c(N=Nc2ccccc2)cc1OC. The van der Waals surface area contributed by atoms with Crippen LogP contribution in [0, 0.1) is 0 Å². The number of nitrogens with one attached hydrogen (secondary N) is 1. The molecule has 0 bridgehead atoms. The van der Waals surface area contributed by atoms with E-state index in [1.807, 2.05) is 18.2 Å². The monoisotopic (exact) mass is 343 g/mol. The molecule has 0 saturated heterocycles. The highest BCUT2D eigenvalue weighted by atomic mass is 16.7. The molecule has 0 aliphatic rings. The van der Waals surface area contributed by atoms with E-state index in [9.17, 15) is 9.59 Å². The molecule has 2 rings (SSSR count). The summed E-state index contributed by atoms with van der Waals surface area (Å²) in [6, 6.07) is 12.0. The molecule has 0 unspecified atom stereocenters. The summed E-state index contributed by atoms with van der Waals surface area (Å²) in [5.74, 6) is 0.00335. The average molecular weight is 343 g/mol. The second-order valence-corrected chi connectivity index (χ2v) is 4.79. The van der Waals surface area contributed by atoms with Gasteiger partial charge in [0, 0.05) is 19.1 Å². The van der Waals surface area contributed by atoms with Gasteiger partial charge >= 0.3 is 6.16 Å². The van der Waals surface area contributed by atoms with E-state index >= 15 is 0 Å². The van der Waals surface area contributed by atoms with E-state index in [4.69, 9.17) is 9.47 Å². The number of hydrogen-bond donors (Lipinski definition) is 1. The van der Waals surface area contributed by atoms with Crippen LogP contribution >= 0.6 is 0 Å². The highest BCUT2D eigenvalue weighted by Crippen LogP contribution is 2.39. The van der Waals surface area contributed by atoms with Gasteiger partial charge in [-0.1, -0.05) is 18.2 Å². The standard InChI is InChI=1S/C17H17N3O5/c1-11(21)18-13-9-16(25-17(22)24-3)15(23-2)10-14(13)20-19-12-7-5-4-6-8-12/h4-10H,1-3H3,(H,18,21). The van der Waals surface area contributed by atoms with Crippen molar-refractivity contribution in [1.29, 1.82) is 0 Å². The van der Waals surface area contributed by atoms with Crippen molar-refractivity contribution in [2.45, 2.75) is 6.92 Å².